The van der Waals surface area contributed by atoms with Gasteiger partial charge in [-0.15, -0.1) is 11.3 Å². The first-order chi connectivity index (χ1) is 7.85. The van der Waals surface area contributed by atoms with Gasteiger partial charge >= 0.3 is 5.97 Å². The van der Waals surface area contributed by atoms with Gasteiger partial charge in [-0.05, 0) is 42.9 Å². The maximum atomic E-state index is 11.6. The summed E-state index contributed by atoms with van der Waals surface area (Å²) in [7, 11) is 3.44. The van der Waals surface area contributed by atoms with Crippen molar-refractivity contribution in [2.24, 2.45) is 5.41 Å². The van der Waals surface area contributed by atoms with E-state index in [4.69, 9.17) is 4.74 Å². The van der Waals surface area contributed by atoms with Gasteiger partial charge in [0.1, 0.15) is 0 Å². The molecule has 96 valence electrons. The summed E-state index contributed by atoms with van der Waals surface area (Å²) in [6.45, 7) is 5.32. The van der Waals surface area contributed by atoms with Crippen molar-refractivity contribution in [3.8, 4) is 0 Å². The van der Waals surface area contributed by atoms with Gasteiger partial charge in [0, 0.05) is 27.8 Å². The zero-order valence-electron chi connectivity index (χ0n) is 10.6. The summed E-state index contributed by atoms with van der Waals surface area (Å²) in [5.74, 6) is -0.170. The van der Waals surface area contributed by atoms with Crippen molar-refractivity contribution >= 4 is 33.2 Å². The third-order valence-electron chi connectivity index (χ3n) is 2.45. The molecule has 1 aromatic heterocycles. The maximum Gasteiger partial charge on any atom is 0.312 e. The Balaban J connectivity index is 2.54. The maximum absolute atomic E-state index is 11.6. The molecule has 0 spiro atoms. The Hall–Kier alpha value is -0.390. The summed E-state index contributed by atoms with van der Waals surface area (Å²) in [5.41, 5.74) is -0.474. The number of esters is 1. The summed E-state index contributed by atoms with van der Waals surface area (Å²) in [5, 5.41) is 2.06. The average Bonchev–Trinajstić information content (AvgIpc) is 2.61. The van der Waals surface area contributed by atoms with Gasteiger partial charge in [-0.3, -0.25) is 4.79 Å². The molecule has 0 aliphatic rings. The van der Waals surface area contributed by atoms with Crippen molar-refractivity contribution in [1.82, 2.24) is 4.90 Å². The number of hydrogen-bond acceptors (Lipinski definition) is 4. The molecule has 0 saturated heterocycles. The molecule has 0 amide bonds. The molecule has 0 saturated carbocycles. The highest BCUT2D eigenvalue weighted by atomic mass is 79.9. The molecular formula is C12H18BrNO2S. The Morgan fingerprint density at radius 3 is 2.71 bits per heavy atom. The minimum atomic E-state index is -0.474. The number of carbonyl (C=O) groups is 1. The first kappa shape index (κ1) is 14.7. The molecule has 0 unspecified atom stereocenters. The van der Waals surface area contributed by atoms with Crippen LogP contribution in [0.15, 0.2) is 15.9 Å². The third-order valence-corrected chi connectivity index (χ3v) is 4.13. The standard InChI is InChI=1S/C12H18BrNO2S/c1-12(2,11(15)16-4)8-14(3)6-10-5-9(13)7-17-10/h5,7H,6,8H2,1-4H3. The highest BCUT2D eigenvalue weighted by Crippen LogP contribution is 2.23. The molecule has 0 radical (unpaired) electrons. The van der Waals surface area contributed by atoms with Crippen LogP contribution in [0.1, 0.15) is 18.7 Å². The minimum absolute atomic E-state index is 0.170. The molecule has 0 N–H and O–H groups in total. The lowest BCUT2D eigenvalue weighted by Gasteiger charge is -2.27. The van der Waals surface area contributed by atoms with Crippen LogP contribution in [0.5, 0.6) is 0 Å². The number of thiophene rings is 1. The largest absolute Gasteiger partial charge is 0.469 e. The van der Waals surface area contributed by atoms with E-state index in [2.05, 4.69) is 32.3 Å². The zero-order chi connectivity index (χ0) is 13.1. The van der Waals surface area contributed by atoms with Gasteiger partial charge in [0.05, 0.1) is 12.5 Å². The fraction of sp³-hybridized carbons (Fsp3) is 0.583. The summed E-state index contributed by atoms with van der Waals surface area (Å²) in [6, 6.07) is 2.10. The van der Waals surface area contributed by atoms with E-state index in [1.54, 1.807) is 11.3 Å². The Kier molecular flexibility index (Phi) is 5.16. The minimum Gasteiger partial charge on any atom is -0.469 e. The first-order valence-corrected chi connectivity index (χ1v) is 7.02. The monoisotopic (exact) mass is 319 g/mol. The Bertz CT molecular complexity index is 390. The number of halogens is 1. The van der Waals surface area contributed by atoms with Crippen LogP contribution in [0.4, 0.5) is 0 Å². The van der Waals surface area contributed by atoms with Gasteiger partial charge in [0.25, 0.3) is 0 Å². The summed E-state index contributed by atoms with van der Waals surface area (Å²) < 4.78 is 5.91. The van der Waals surface area contributed by atoms with Gasteiger partial charge in [-0.2, -0.15) is 0 Å². The number of ether oxygens (including phenoxy) is 1. The van der Waals surface area contributed by atoms with Crippen molar-refractivity contribution in [3.05, 3.63) is 20.8 Å². The van der Waals surface area contributed by atoms with Crippen molar-refractivity contribution in [3.63, 3.8) is 0 Å². The van der Waals surface area contributed by atoms with Crippen LogP contribution in [-0.2, 0) is 16.1 Å². The van der Waals surface area contributed by atoms with Crippen LogP contribution in [-0.4, -0.2) is 31.6 Å². The molecule has 17 heavy (non-hydrogen) atoms. The van der Waals surface area contributed by atoms with Crippen LogP contribution in [0.2, 0.25) is 0 Å². The molecule has 1 aromatic rings. The lowest BCUT2D eigenvalue weighted by atomic mass is 9.93. The molecule has 0 atom stereocenters. The summed E-state index contributed by atoms with van der Waals surface area (Å²) in [6.07, 6.45) is 0. The predicted molar refractivity (Wildman–Crippen MR) is 74.2 cm³/mol. The molecule has 5 heteroatoms. The highest BCUT2D eigenvalue weighted by Gasteiger charge is 2.30. The van der Waals surface area contributed by atoms with E-state index < -0.39 is 5.41 Å². The number of carbonyl (C=O) groups excluding carboxylic acids is 1. The molecule has 0 bridgehead atoms. The SMILES string of the molecule is COC(=O)C(C)(C)CN(C)Cc1cc(Br)cs1. The number of nitrogens with zero attached hydrogens (tertiary/aromatic N) is 1. The number of methoxy groups -OCH3 is 1. The van der Waals surface area contributed by atoms with Gasteiger partial charge in [0.2, 0.25) is 0 Å². The lowest BCUT2D eigenvalue weighted by Crippen LogP contribution is -2.37. The molecule has 0 aromatic carbocycles. The van der Waals surface area contributed by atoms with Crippen LogP contribution in [0, 0.1) is 5.41 Å². The second kappa shape index (κ2) is 5.98. The molecule has 1 rings (SSSR count). The highest BCUT2D eigenvalue weighted by molar-refractivity contribution is 9.10. The zero-order valence-corrected chi connectivity index (χ0v) is 13.0. The summed E-state index contributed by atoms with van der Waals surface area (Å²) >= 11 is 5.15. The Labute approximate surface area is 115 Å². The van der Waals surface area contributed by atoms with Crippen molar-refractivity contribution in [2.75, 3.05) is 20.7 Å². The van der Waals surface area contributed by atoms with E-state index in [-0.39, 0.29) is 5.97 Å². The first-order valence-electron chi connectivity index (χ1n) is 5.35. The molecule has 3 nitrogen and oxygen atoms in total. The second-order valence-electron chi connectivity index (χ2n) is 4.78. The van der Waals surface area contributed by atoms with Gasteiger partial charge < -0.3 is 9.64 Å². The van der Waals surface area contributed by atoms with Crippen LogP contribution < -0.4 is 0 Å². The summed E-state index contributed by atoms with van der Waals surface area (Å²) in [4.78, 5) is 15.0. The van der Waals surface area contributed by atoms with Crippen molar-refractivity contribution in [2.45, 2.75) is 20.4 Å². The lowest BCUT2D eigenvalue weighted by molar-refractivity contribution is -0.151. The van der Waals surface area contributed by atoms with Crippen molar-refractivity contribution in [1.29, 1.82) is 0 Å². The normalized spacial score (nSPS) is 11.9. The van der Waals surface area contributed by atoms with E-state index >= 15 is 0 Å². The molecule has 1 heterocycles. The smallest absolute Gasteiger partial charge is 0.312 e. The molecule has 0 fully saturated rings. The van der Waals surface area contributed by atoms with E-state index in [0.717, 1.165) is 11.0 Å². The Morgan fingerprint density at radius 2 is 2.24 bits per heavy atom. The van der Waals surface area contributed by atoms with Gasteiger partial charge in [0.15, 0.2) is 0 Å². The van der Waals surface area contributed by atoms with Crippen LogP contribution in [0.25, 0.3) is 0 Å². The third kappa shape index (κ3) is 4.41. The van der Waals surface area contributed by atoms with Crippen molar-refractivity contribution < 1.29 is 9.53 Å². The molecular weight excluding hydrogens is 302 g/mol. The van der Waals surface area contributed by atoms with E-state index in [1.807, 2.05) is 20.9 Å². The number of hydrogen-bond donors (Lipinski definition) is 0. The Morgan fingerprint density at radius 1 is 1.59 bits per heavy atom. The van der Waals surface area contributed by atoms with Crippen LogP contribution in [0.3, 0.4) is 0 Å². The fourth-order valence-corrected chi connectivity index (χ4v) is 3.30. The van der Waals surface area contributed by atoms with E-state index in [1.165, 1.54) is 12.0 Å². The fourth-order valence-electron chi connectivity index (χ4n) is 1.77. The second-order valence-corrected chi connectivity index (χ2v) is 6.69. The van der Waals surface area contributed by atoms with Crippen LogP contribution >= 0.6 is 27.3 Å². The molecule has 0 aliphatic heterocycles. The topological polar surface area (TPSA) is 29.5 Å². The molecule has 0 aliphatic carbocycles. The van der Waals surface area contributed by atoms with Gasteiger partial charge in [-0.1, -0.05) is 0 Å². The average molecular weight is 320 g/mol. The number of rotatable bonds is 5. The van der Waals surface area contributed by atoms with E-state index in [0.29, 0.717) is 6.54 Å². The van der Waals surface area contributed by atoms with E-state index in [9.17, 15) is 4.79 Å². The van der Waals surface area contributed by atoms with Gasteiger partial charge in [-0.25, -0.2) is 0 Å². The quantitative estimate of drug-likeness (QED) is 0.781. The predicted octanol–water partition coefficient (Wildman–Crippen LogP) is 3.14.